The number of rotatable bonds is 8. The average Bonchev–Trinajstić information content (AvgIpc) is 3.70. The van der Waals surface area contributed by atoms with E-state index in [1.54, 1.807) is 0 Å². The van der Waals surface area contributed by atoms with Crippen LogP contribution in [0.4, 0.5) is 0 Å². The summed E-state index contributed by atoms with van der Waals surface area (Å²) in [6.45, 7) is 12.1. The van der Waals surface area contributed by atoms with Gasteiger partial charge in [-0.1, -0.05) is 44.6 Å². The third-order valence-corrected chi connectivity index (χ3v) is 17.4. The number of ether oxygens (including phenoxy) is 8. The highest BCUT2D eigenvalue weighted by atomic mass is 16.8. The Morgan fingerprint density at radius 3 is 2.10 bits per heavy atom. The maximum atomic E-state index is 12.0. The number of hydrogen-bond donors (Lipinski definition) is 9. The molecule has 9 N–H and O–H groups in total. The van der Waals surface area contributed by atoms with E-state index in [2.05, 4.69) is 33.4 Å². The van der Waals surface area contributed by atoms with Gasteiger partial charge in [-0.05, 0) is 92.8 Å². The van der Waals surface area contributed by atoms with Gasteiger partial charge in [0, 0.05) is 12.3 Å². The Hall–Kier alpha value is -1.20. The lowest BCUT2D eigenvalue weighted by molar-refractivity contribution is -0.389. The Morgan fingerprint density at radius 1 is 0.726 bits per heavy atom. The smallest absolute Gasteiger partial charge is 0.187 e. The van der Waals surface area contributed by atoms with Crippen molar-refractivity contribution in [2.24, 2.45) is 40.4 Å². The Bertz CT molecular complexity index is 1650. The molecule has 0 bridgehead atoms. The fourth-order valence-corrected chi connectivity index (χ4v) is 13.9. The average molecular weight is 883 g/mol. The van der Waals surface area contributed by atoms with E-state index in [0.29, 0.717) is 49.0 Å². The van der Waals surface area contributed by atoms with Crippen LogP contribution in [0.5, 0.6) is 0 Å². The van der Waals surface area contributed by atoms with Gasteiger partial charge < -0.3 is 83.9 Å². The Balaban J connectivity index is 0.918. The van der Waals surface area contributed by atoms with Crippen molar-refractivity contribution in [3.8, 4) is 0 Å². The molecule has 352 valence electrons. The summed E-state index contributed by atoms with van der Waals surface area (Å²) in [5.74, 6) is 1.82. The van der Waals surface area contributed by atoms with E-state index in [4.69, 9.17) is 37.9 Å². The monoisotopic (exact) mass is 882 g/mol. The SMILES string of the molecule is C=C1CCC2(OC1)OC1CC3C4CC=C5C[C@@H](O[C@@H]6O[C@H](CO)[C@@H](O[C@@H]7O[C@H](CO)[C@@H](O)[C@H](O)[C@H]7O)[C@H](O)[C@H]6O[C@@H]6O[C@@H](C)[C@H](O)[C@@H](O)[C@H]6O)CC[C@]5(C)C4CC[C@]3(C)C1C2C. The van der Waals surface area contributed by atoms with E-state index >= 15 is 0 Å². The van der Waals surface area contributed by atoms with Gasteiger partial charge in [-0.3, -0.25) is 0 Å². The van der Waals surface area contributed by atoms with Crippen LogP contribution in [0.25, 0.3) is 0 Å². The highest BCUT2D eigenvalue weighted by Crippen LogP contribution is 2.70. The van der Waals surface area contributed by atoms with Crippen LogP contribution in [0.1, 0.15) is 85.5 Å². The Labute approximate surface area is 362 Å². The summed E-state index contributed by atoms with van der Waals surface area (Å²) in [5.41, 5.74) is 2.58. The zero-order chi connectivity index (χ0) is 44.2. The predicted molar refractivity (Wildman–Crippen MR) is 214 cm³/mol. The molecule has 17 heteroatoms. The number of allylic oxidation sites excluding steroid dienone is 1. The second kappa shape index (κ2) is 17.1. The second-order valence-electron chi connectivity index (χ2n) is 20.7. The number of aliphatic hydroxyl groups is 9. The van der Waals surface area contributed by atoms with Gasteiger partial charge >= 0.3 is 0 Å². The van der Waals surface area contributed by atoms with Crippen LogP contribution in [0, 0.1) is 40.4 Å². The molecule has 5 saturated heterocycles. The van der Waals surface area contributed by atoms with Gasteiger partial charge in [0.1, 0.15) is 67.1 Å². The molecule has 5 aliphatic heterocycles. The molecule has 4 aliphatic carbocycles. The molecule has 0 aromatic carbocycles. The maximum absolute atomic E-state index is 12.0. The van der Waals surface area contributed by atoms with Crippen LogP contribution in [0.3, 0.4) is 0 Å². The van der Waals surface area contributed by atoms with Crippen LogP contribution < -0.4 is 0 Å². The first-order chi connectivity index (χ1) is 29.4. The largest absolute Gasteiger partial charge is 0.394 e. The highest BCUT2D eigenvalue weighted by molar-refractivity contribution is 5.26. The van der Waals surface area contributed by atoms with E-state index in [0.717, 1.165) is 50.5 Å². The third-order valence-electron chi connectivity index (χ3n) is 17.4. The zero-order valence-electron chi connectivity index (χ0n) is 36.3. The van der Waals surface area contributed by atoms with E-state index in [1.807, 2.05) is 0 Å². The summed E-state index contributed by atoms with van der Waals surface area (Å²) >= 11 is 0. The van der Waals surface area contributed by atoms with Gasteiger partial charge in [-0.25, -0.2) is 0 Å². The first-order valence-corrected chi connectivity index (χ1v) is 23.0. The molecule has 3 saturated carbocycles. The van der Waals surface area contributed by atoms with Gasteiger partial charge in [0.05, 0.1) is 38.1 Å². The third kappa shape index (κ3) is 7.41. The van der Waals surface area contributed by atoms with Crippen molar-refractivity contribution < 1.29 is 83.9 Å². The van der Waals surface area contributed by atoms with E-state index in [-0.39, 0.29) is 16.9 Å². The van der Waals surface area contributed by atoms with Gasteiger partial charge in [-0.2, -0.15) is 0 Å². The van der Waals surface area contributed by atoms with E-state index in [1.165, 1.54) is 12.5 Å². The summed E-state index contributed by atoms with van der Waals surface area (Å²) < 4.78 is 49.8. The molecular formula is C45H70O17. The molecule has 0 aromatic rings. The van der Waals surface area contributed by atoms with Crippen molar-refractivity contribution in [2.75, 3.05) is 19.8 Å². The molecule has 9 aliphatic rings. The minimum atomic E-state index is -1.82. The second-order valence-corrected chi connectivity index (χ2v) is 20.7. The first-order valence-electron chi connectivity index (χ1n) is 23.0. The molecule has 8 fully saturated rings. The number of fused-ring (bicyclic) bond motifs is 7. The number of hydrogen-bond acceptors (Lipinski definition) is 17. The minimum absolute atomic E-state index is 0.0453. The summed E-state index contributed by atoms with van der Waals surface area (Å²) in [5, 5.41) is 95.7. The van der Waals surface area contributed by atoms with Gasteiger partial charge in [0.15, 0.2) is 24.7 Å². The summed E-state index contributed by atoms with van der Waals surface area (Å²) in [7, 11) is 0. The van der Waals surface area contributed by atoms with Crippen LogP contribution in [0.15, 0.2) is 23.8 Å². The zero-order valence-corrected chi connectivity index (χ0v) is 36.3. The molecular weight excluding hydrogens is 812 g/mol. The van der Waals surface area contributed by atoms with Crippen LogP contribution in [-0.4, -0.2) is 176 Å². The van der Waals surface area contributed by atoms with Crippen LogP contribution in [0.2, 0.25) is 0 Å². The topological polar surface area (TPSA) is 256 Å². The predicted octanol–water partition coefficient (Wildman–Crippen LogP) is 0.134. The molecule has 0 aromatic heterocycles. The molecule has 25 atom stereocenters. The van der Waals surface area contributed by atoms with Crippen molar-refractivity contribution in [1.82, 2.24) is 0 Å². The molecule has 0 radical (unpaired) electrons. The van der Waals surface area contributed by atoms with Crippen LogP contribution in [-0.2, 0) is 37.9 Å². The summed E-state index contributed by atoms with van der Waals surface area (Å²) in [6.07, 6.45) is -12.5. The van der Waals surface area contributed by atoms with Crippen molar-refractivity contribution in [3.63, 3.8) is 0 Å². The lowest BCUT2D eigenvalue weighted by atomic mass is 9.47. The van der Waals surface area contributed by atoms with Crippen molar-refractivity contribution in [3.05, 3.63) is 23.8 Å². The molecule has 1 spiro atoms. The van der Waals surface area contributed by atoms with E-state index in [9.17, 15) is 46.0 Å². The molecule has 5 heterocycles. The first kappa shape index (κ1) is 45.9. The fraction of sp³-hybridized carbons (Fsp3) is 0.911. The molecule has 0 amide bonds. The lowest BCUT2D eigenvalue weighted by Crippen LogP contribution is -2.67. The van der Waals surface area contributed by atoms with Crippen LogP contribution >= 0.6 is 0 Å². The maximum Gasteiger partial charge on any atom is 0.187 e. The minimum Gasteiger partial charge on any atom is -0.394 e. The normalized spacial score (nSPS) is 56.5. The Morgan fingerprint density at radius 2 is 1.40 bits per heavy atom. The van der Waals surface area contributed by atoms with Gasteiger partial charge in [0.25, 0.3) is 0 Å². The highest BCUT2D eigenvalue weighted by Gasteiger charge is 2.69. The number of aliphatic hydroxyl groups excluding tert-OH is 9. The fourth-order valence-electron chi connectivity index (χ4n) is 13.9. The standard InChI is InChI=1S/C45H70O17/c1-19-8-13-45(55-18-19)20(2)30-27(62-45)15-26-24-7-6-22-14-23(9-11-43(22,4)25(24)10-12-44(26,30)5)57-42-39(61-40-35(52)33(50)31(48)21(3)56-40)37(54)38(29(17-47)59-42)60-41-36(53)34(51)32(49)28(16-46)58-41/h6,20-21,23-42,46-54H,1,7-18H2,2-5H3/t20?,21-,23-,24?,25?,26?,27?,28+,29+,30?,31-,32+,33+,34-,35+,36+,37-,38+,39+,40-,41-,42+,43-,44-,45?/m0/s1. The molecule has 9 rings (SSSR count). The van der Waals surface area contributed by atoms with E-state index < -0.39 is 117 Å². The molecule has 17 nitrogen and oxygen atoms in total. The Kier molecular flexibility index (Phi) is 12.7. The van der Waals surface area contributed by atoms with Crippen molar-refractivity contribution in [1.29, 1.82) is 0 Å². The van der Waals surface area contributed by atoms with Gasteiger partial charge in [-0.15, -0.1) is 0 Å². The molecule has 62 heavy (non-hydrogen) atoms. The van der Waals surface area contributed by atoms with Crippen molar-refractivity contribution >= 4 is 0 Å². The lowest BCUT2D eigenvalue weighted by Gasteiger charge is -2.58. The van der Waals surface area contributed by atoms with Gasteiger partial charge in [0.2, 0.25) is 0 Å². The molecule has 7 unspecified atom stereocenters. The summed E-state index contributed by atoms with van der Waals surface area (Å²) in [6, 6.07) is 0. The quantitative estimate of drug-likeness (QED) is 0.147. The summed E-state index contributed by atoms with van der Waals surface area (Å²) in [4.78, 5) is 0. The van der Waals surface area contributed by atoms with Crippen molar-refractivity contribution in [2.45, 2.75) is 196 Å².